The van der Waals surface area contributed by atoms with Crippen LogP contribution < -0.4 is 0 Å². The van der Waals surface area contributed by atoms with Crippen molar-refractivity contribution in [2.45, 2.75) is 88.3 Å². The monoisotopic (exact) mass is 544 g/mol. The average Bonchev–Trinajstić information content (AvgIpc) is 3.00. The van der Waals surface area contributed by atoms with Gasteiger partial charge in [-0.15, -0.1) is 0 Å². The molecule has 3 aliphatic rings. The Bertz CT molecular complexity index is 1080. The number of hydrogen-bond donors (Lipinski definition) is 0. The molecule has 0 amide bonds. The number of cyclic esters (lactones) is 2. The first-order valence-corrected chi connectivity index (χ1v) is 14.9. The highest BCUT2D eigenvalue weighted by atomic mass is 16.6. The molecule has 0 N–H and O–H groups in total. The summed E-state index contributed by atoms with van der Waals surface area (Å²) >= 11 is 0. The van der Waals surface area contributed by atoms with Crippen molar-refractivity contribution in [2.75, 3.05) is 13.2 Å². The molecular weight excluding hydrogens is 504 g/mol. The van der Waals surface area contributed by atoms with Gasteiger partial charge in [0.1, 0.15) is 0 Å². The Hall–Kier alpha value is -3.54. The van der Waals surface area contributed by atoms with Crippen molar-refractivity contribution in [2.24, 2.45) is 0 Å². The quantitative estimate of drug-likeness (QED) is 0.375. The Morgan fingerprint density at radius 3 is 1.38 bits per heavy atom. The van der Waals surface area contributed by atoms with Crippen molar-refractivity contribution < 1.29 is 28.5 Å². The molecule has 1 saturated heterocycles. The van der Waals surface area contributed by atoms with Gasteiger partial charge in [-0.25, -0.2) is 9.59 Å². The largest absolute Gasteiger partial charge is 0.483 e. The van der Waals surface area contributed by atoms with Crippen LogP contribution in [-0.2, 0) is 28.5 Å². The van der Waals surface area contributed by atoms with Crippen molar-refractivity contribution in [1.82, 2.24) is 0 Å². The molecule has 40 heavy (non-hydrogen) atoms. The highest BCUT2D eigenvalue weighted by Gasteiger charge is 2.30. The lowest BCUT2D eigenvalue weighted by molar-refractivity contribution is -0.145. The SMILES string of the molecule is O=C1OCCCCCC2CC(c3ccccc3)C=C(O2)C(=O)OCCCCCC2CC(c3ccccc3)C=C1O2. The van der Waals surface area contributed by atoms with Gasteiger partial charge in [0.15, 0.2) is 0 Å². The Morgan fingerprint density at radius 1 is 0.525 bits per heavy atom. The van der Waals surface area contributed by atoms with Gasteiger partial charge in [-0.05, 0) is 87.5 Å². The van der Waals surface area contributed by atoms with E-state index in [1.54, 1.807) is 0 Å². The van der Waals surface area contributed by atoms with Gasteiger partial charge < -0.3 is 18.9 Å². The van der Waals surface area contributed by atoms with Gasteiger partial charge in [-0.3, -0.25) is 0 Å². The fraction of sp³-hybridized carbons (Fsp3) is 0.471. The molecule has 4 unspecified atom stereocenters. The highest BCUT2D eigenvalue weighted by molar-refractivity contribution is 5.87. The number of allylic oxidation sites excluding steroid dienone is 2. The second-order valence-electron chi connectivity index (χ2n) is 11.0. The Balaban J connectivity index is 1.24. The van der Waals surface area contributed by atoms with E-state index >= 15 is 0 Å². The van der Waals surface area contributed by atoms with Gasteiger partial charge >= 0.3 is 11.9 Å². The average molecular weight is 545 g/mol. The second kappa shape index (κ2) is 14.2. The summed E-state index contributed by atoms with van der Waals surface area (Å²) in [6.45, 7) is 0.714. The topological polar surface area (TPSA) is 71.1 Å². The first-order chi connectivity index (χ1) is 19.7. The Kier molecular flexibility index (Phi) is 9.94. The van der Waals surface area contributed by atoms with Gasteiger partial charge in [-0.1, -0.05) is 60.7 Å². The molecule has 0 radical (unpaired) electrons. The van der Waals surface area contributed by atoms with E-state index in [0.29, 0.717) is 24.7 Å². The third-order valence-corrected chi connectivity index (χ3v) is 7.99. The molecule has 5 rings (SSSR count). The number of rotatable bonds is 2. The van der Waals surface area contributed by atoms with Crippen LogP contribution in [0.4, 0.5) is 0 Å². The summed E-state index contributed by atoms with van der Waals surface area (Å²) in [5.74, 6) is 0.152. The Labute approximate surface area is 237 Å². The van der Waals surface area contributed by atoms with Gasteiger partial charge in [0.2, 0.25) is 11.5 Å². The van der Waals surface area contributed by atoms with Gasteiger partial charge in [0.25, 0.3) is 0 Å². The van der Waals surface area contributed by atoms with Crippen LogP contribution in [0.1, 0.15) is 87.2 Å². The number of esters is 2. The fourth-order valence-electron chi connectivity index (χ4n) is 5.83. The zero-order valence-electron chi connectivity index (χ0n) is 23.2. The third kappa shape index (κ3) is 7.77. The molecule has 2 aromatic carbocycles. The number of carbonyl (C=O) groups excluding carboxylic acids is 2. The van der Waals surface area contributed by atoms with Crippen LogP contribution in [0.25, 0.3) is 0 Å². The minimum atomic E-state index is -0.372. The standard InChI is InChI=1S/C34H40O6/c35-33-31-23-27(25-13-5-1-6-14-25)21-29(39-31)17-9-3-11-20-38-34(36)32-24-28(26-15-7-2-8-16-26)22-30(40-32)18-10-4-12-19-37-33/h1-2,5-8,13-16,23-24,27-30H,3-4,9-12,17-22H2. The predicted octanol–water partition coefficient (Wildman–Crippen LogP) is 7.12. The maximum atomic E-state index is 12.9. The lowest BCUT2D eigenvalue weighted by atomic mass is 9.88. The maximum absolute atomic E-state index is 12.9. The molecule has 0 spiro atoms. The van der Waals surface area contributed by atoms with E-state index in [9.17, 15) is 9.59 Å². The van der Waals surface area contributed by atoms with E-state index in [0.717, 1.165) is 64.2 Å². The van der Waals surface area contributed by atoms with Crippen molar-refractivity contribution in [3.05, 3.63) is 95.5 Å². The zero-order chi connectivity index (χ0) is 27.6. The smallest absolute Gasteiger partial charge is 0.373 e. The molecule has 212 valence electrons. The van der Waals surface area contributed by atoms with Crippen molar-refractivity contribution in [3.63, 3.8) is 0 Å². The molecule has 6 nitrogen and oxygen atoms in total. The normalized spacial score (nSPS) is 27.0. The molecule has 4 bridgehead atoms. The third-order valence-electron chi connectivity index (χ3n) is 7.99. The van der Waals surface area contributed by atoms with Crippen LogP contribution in [0, 0.1) is 0 Å². The van der Waals surface area contributed by atoms with E-state index in [-0.39, 0.29) is 36.0 Å². The number of hydrogen-bond acceptors (Lipinski definition) is 6. The minimum absolute atomic E-state index is 0.0569. The molecule has 0 aromatic heterocycles. The summed E-state index contributed by atoms with van der Waals surface area (Å²) in [4.78, 5) is 25.9. The molecule has 6 heteroatoms. The van der Waals surface area contributed by atoms with Crippen LogP contribution >= 0.6 is 0 Å². The lowest BCUT2D eigenvalue weighted by Gasteiger charge is -2.30. The van der Waals surface area contributed by atoms with Crippen LogP contribution in [0.5, 0.6) is 0 Å². The minimum Gasteiger partial charge on any atom is -0.483 e. The van der Waals surface area contributed by atoms with Gasteiger partial charge in [-0.2, -0.15) is 0 Å². The van der Waals surface area contributed by atoms with Crippen LogP contribution in [0.2, 0.25) is 0 Å². The number of ether oxygens (including phenoxy) is 4. The summed E-state index contributed by atoms with van der Waals surface area (Å²) in [6, 6.07) is 20.5. The van der Waals surface area contributed by atoms with Crippen molar-refractivity contribution >= 4 is 11.9 Å². The summed E-state index contributed by atoms with van der Waals surface area (Å²) < 4.78 is 23.5. The molecule has 4 atom stereocenters. The van der Waals surface area contributed by atoms with Crippen LogP contribution in [0.3, 0.4) is 0 Å². The van der Waals surface area contributed by atoms with E-state index in [4.69, 9.17) is 18.9 Å². The maximum Gasteiger partial charge on any atom is 0.373 e. The van der Waals surface area contributed by atoms with Gasteiger partial charge in [0.05, 0.1) is 25.4 Å². The first-order valence-electron chi connectivity index (χ1n) is 14.9. The molecule has 3 heterocycles. The van der Waals surface area contributed by atoms with Crippen molar-refractivity contribution in [1.29, 1.82) is 0 Å². The Morgan fingerprint density at radius 2 is 0.950 bits per heavy atom. The lowest BCUT2D eigenvalue weighted by Crippen LogP contribution is -2.26. The van der Waals surface area contributed by atoms with Crippen molar-refractivity contribution in [3.8, 4) is 0 Å². The zero-order valence-corrected chi connectivity index (χ0v) is 23.2. The highest BCUT2D eigenvalue weighted by Crippen LogP contribution is 2.35. The van der Waals surface area contributed by atoms with E-state index in [2.05, 4.69) is 24.3 Å². The summed E-state index contributed by atoms with van der Waals surface area (Å²) in [7, 11) is 0. The number of carbonyl (C=O) groups is 2. The molecule has 3 aliphatic heterocycles. The first kappa shape index (κ1) is 28.0. The molecule has 2 aromatic rings. The van der Waals surface area contributed by atoms with Gasteiger partial charge in [0, 0.05) is 11.8 Å². The second-order valence-corrected chi connectivity index (χ2v) is 11.0. The van der Waals surface area contributed by atoms with E-state index < -0.39 is 0 Å². The molecule has 0 aliphatic carbocycles. The summed E-state index contributed by atoms with van der Waals surface area (Å²) in [5, 5.41) is 0. The fourth-order valence-corrected chi connectivity index (χ4v) is 5.83. The molecular formula is C34H40O6. The van der Waals surface area contributed by atoms with E-state index in [1.165, 1.54) is 11.1 Å². The van der Waals surface area contributed by atoms with Crippen LogP contribution in [-0.4, -0.2) is 37.4 Å². The summed E-state index contributed by atoms with van der Waals surface area (Å²) in [6.07, 6.45) is 12.2. The van der Waals surface area contributed by atoms with E-state index in [1.807, 2.05) is 48.6 Å². The molecule has 0 saturated carbocycles. The molecule has 1 fully saturated rings. The number of fused-ring (bicyclic) bond motifs is 4. The predicted molar refractivity (Wildman–Crippen MR) is 152 cm³/mol. The summed E-state index contributed by atoms with van der Waals surface area (Å²) in [5.41, 5.74) is 2.36. The van der Waals surface area contributed by atoms with Crippen LogP contribution in [0.15, 0.2) is 84.3 Å². The number of benzene rings is 2.